The fourth-order valence-corrected chi connectivity index (χ4v) is 2.61. The predicted octanol–water partition coefficient (Wildman–Crippen LogP) is 4.54. The van der Waals surface area contributed by atoms with Crippen LogP contribution >= 0.6 is 22.7 Å². The van der Waals surface area contributed by atoms with Gasteiger partial charge in [-0.3, -0.25) is 0 Å². The normalized spacial score (nSPS) is 11.6. The molecule has 0 N–H and O–H groups in total. The quantitative estimate of drug-likeness (QED) is 0.664. The lowest BCUT2D eigenvalue weighted by Crippen LogP contribution is -1.71. The van der Waals surface area contributed by atoms with E-state index in [0.717, 1.165) is 0 Å². The van der Waals surface area contributed by atoms with Crippen LogP contribution in [-0.2, 0) is 0 Å². The van der Waals surface area contributed by atoms with E-state index in [1.807, 2.05) is 6.08 Å². The second-order valence-corrected chi connectivity index (χ2v) is 4.72. The van der Waals surface area contributed by atoms with Crippen molar-refractivity contribution in [1.29, 1.82) is 0 Å². The van der Waals surface area contributed by atoms with Crippen LogP contribution in [0.2, 0.25) is 0 Å². The molecular weight excluding hydrogens is 208 g/mol. The van der Waals surface area contributed by atoms with Crippen LogP contribution in [0.25, 0.3) is 11.6 Å². The Labute approximate surface area is 91.8 Å². The molecule has 0 aliphatic heterocycles. The average molecular weight is 218 g/mol. The summed E-state index contributed by atoms with van der Waals surface area (Å²) in [4.78, 5) is 2.54. The fourth-order valence-electron chi connectivity index (χ4n) is 1.20. The molecule has 0 saturated carbocycles. The van der Waals surface area contributed by atoms with E-state index in [9.17, 15) is 0 Å². The topological polar surface area (TPSA) is 0 Å². The van der Waals surface area contributed by atoms with Gasteiger partial charge in [-0.05, 0) is 34.5 Å². The van der Waals surface area contributed by atoms with Crippen LogP contribution in [0.5, 0.6) is 0 Å². The monoisotopic (exact) mass is 218 g/mol. The summed E-state index contributed by atoms with van der Waals surface area (Å²) in [6, 6.07) is 8.35. The highest BCUT2D eigenvalue weighted by molar-refractivity contribution is 7.12. The maximum absolute atomic E-state index is 3.84. The average Bonchev–Trinajstić information content (AvgIpc) is 2.86. The van der Waals surface area contributed by atoms with Gasteiger partial charge in [0.15, 0.2) is 0 Å². The Bertz CT molecular complexity index is 419. The van der Waals surface area contributed by atoms with Gasteiger partial charge in [-0.25, -0.2) is 0 Å². The largest absolute Gasteiger partial charge is 0.144 e. The molecule has 0 atom stereocenters. The second-order valence-electron chi connectivity index (χ2n) is 2.80. The van der Waals surface area contributed by atoms with Crippen LogP contribution < -0.4 is 0 Å². The molecule has 14 heavy (non-hydrogen) atoms. The summed E-state index contributed by atoms with van der Waals surface area (Å²) in [5, 5.41) is 4.17. The molecule has 0 radical (unpaired) electrons. The van der Waals surface area contributed by atoms with E-state index in [1.165, 1.54) is 15.3 Å². The van der Waals surface area contributed by atoms with Crippen molar-refractivity contribution in [2.24, 2.45) is 0 Å². The smallest absolute Gasteiger partial charge is 0.0342 e. The standard InChI is InChI=1S/C12H10S2/c1-2-10(12-6-4-8-14-12)9-11-5-3-7-13-11/h2-9H,1H2. The summed E-state index contributed by atoms with van der Waals surface area (Å²) < 4.78 is 0. The van der Waals surface area contributed by atoms with E-state index < -0.39 is 0 Å². The molecule has 2 rings (SSSR count). The molecule has 70 valence electrons. The molecule has 0 aliphatic carbocycles. The van der Waals surface area contributed by atoms with Crippen LogP contribution in [0.4, 0.5) is 0 Å². The molecule has 0 unspecified atom stereocenters. The van der Waals surface area contributed by atoms with Gasteiger partial charge >= 0.3 is 0 Å². The molecule has 0 saturated heterocycles. The molecule has 2 heterocycles. The van der Waals surface area contributed by atoms with Gasteiger partial charge < -0.3 is 0 Å². The van der Waals surface area contributed by atoms with E-state index >= 15 is 0 Å². The van der Waals surface area contributed by atoms with E-state index in [1.54, 1.807) is 22.7 Å². The van der Waals surface area contributed by atoms with Crippen LogP contribution in [0.3, 0.4) is 0 Å². The second kappa shape index (κ2) is 4.40. The highest BCUT2D eigenvalue weighted by Gasteiger charge is 1.98. The highest BCUT2D eigenvalue weighted by Crippen LogP contribution is 2.24. The van der Waals surface area contributed by atoms with Gasteiger partial charge in [0.1, 0.15) is 0 Å². The van der Waals surface area contributed by atoms with Crippen molar-refractivity contribution in [3.63, 3.8) is 0 Å². The van der Waals surface area contributed by atoms with Crippen molar-refractivity contribution in [1.82, 2.24) is 0 Å². The van der Waals surface area contributed by atoms with Crippen molar-refractivity contribution in [2.45, 2.75) is 0 Å². The highest BCUT2D eigenvalue weighted by atomic mass is 32.1. The predicted molar refractivity (Wildman–Crippen MR) is 66.7 cm³/mol. The molecule has 0 bridgehead atoms. The van der Waals surface area contributed by atoms with Crippen molar-refractivity contribution in [3.05, 3.63) is 57.4 Å². The first-order valence-corrected chi connectivity index (χ1v) is 6.07. The minimum absolute atomic E-state index is 1.20. The maximum Gasteiger partial charge on any atom is 0.0342 e. The Balaban J connectivity index is 2.35. The first-order valence-electron chi connectivity index (χ1n) is 4.31. The fraction of sp³-hybridized carbons (Fsp3) is 0. The maximum atomic E-state index is 3.84. The number of hydrogen-bond acceptors (Lipinski definition) is 2. The first kappa shape index (κ1) is 9.44. The van der Waals surface area contributed by atoms with Gasteiger partial charge in [-0.2, -0.15) is 0 Å². The molecule has 0 aromatic carbocycles. The Morgan fingerprint density at radius 1 is 1.14 bits per heavy atom. The SMILES string of the molecule is C=CC(=Cc1cccs1)c1cccs1. The third-order valence-electron chi connectivity index (χ3n) is 1.87. The van der Waals surface area contributed by atoms with Gasteiger partial charge in [-0.15, -0.1) is 22.7 Å². The lowest BCUT2D eigenvalue weighted by atomic mass is 10.2. The molecule has 0 nitrogen and oxygen atoms in total. The zero-order chi connectivity index (χ0) is 9.80. The number of rotatable bonds is 3. The van der Waals surface area contributed by atoms with Crippen LogP contribution in [0, 0.1) is 0 Å². The van der Waals surface area contributed by atoms with Gasteiger partial charge in [0.2, 0.25) is 0 Å². The van der Waals surface area contributed by atoms with Crippen molar-refractivity contribution < 1.29 is 0 Å². The Morgan fingerprint density at radius 2 is 1.93 bits per heavy atom. The molecule has 2 aromatic heterocycles. The summed E-state index contributed by atoms with van der Waals surface area (Å²) >= 11 is 3.49. The van der Waals surface area contributed by atoms with E-state index in [2.05, 4.69) is 47.7 Å². The van der Waals surface area contributed by atoms with E-state index in [0.29, 0.717) is 0 Å². The van der Waals surface area contributed by atoms with Crippen LogP contribution in [0.15, 0.2) is 47.7 Å². The Hall–Kier alpha value is -1.12. The minimum atomic E-state index is 1.20. The molecule has 0 fully saturated rings. The Kier molecular flexibility index (Phi) is 2.96. The van der Waals surface area contributed by atoms with Crippen molar-refractivity contribution in [2.75, 3.05) is 0 Å². The third kappa shape index (κ3) is 2.03. The number of allylic oxidation sites excluding steroid dienone is 2. The molecule has 0 spiro atoms. The summed E-state index contributed by atoms with van der Waals surface area (Å²) in [7, 11) is 0. The minimum Gasteiger partial charge on any atom is -0.144 e. The zero-order valence-corrected chi connectivity index (χ0v) is 9.28. The third-order valence-corrected chi connectivity index (χ3v) is 3.60. The van der Waals surface area contributed by atoms with Gasteiger partial charge in [0, 0.05) is 9.75 Å². The molecule has 2 heteroatoms. The first-order chi connectivity index (χ1) is 6.90. The van der Waals surface area contributed by atoms with Gasteiger partial charge in [-0.1, -0.05) is 24.8 Å². The zero-order valence-electron chi connectivity index (χ0n) is 7.64. The molecular formula is C12H10S2. The van der Waals surface area contributed by atoms with Crippen molar-refractivity contribution in [3.8, 4) is 0 Å². The lowest BCUT2D eigenvalue weighted by Gasteiger charge is -1.95. The summed E-state index contributed by atoms with van der Waals surface area (Å²) in [6.45, 7) is 3.84. The molecule has 2 aromatic rings. The Morgan fingerprint density at radius 3 is 2.50 bits per heavy atom. The van der Waals surface area contributed by atoms with Gasteiger partial charge in [0.25, 0.3) is 0 Å². The summed E-state index contributed by atoms with van der Waals surface area (Å²) in [5.41, 5.74) is 1.20. The van der Waals surface area contributed by atoms with Crippen LogP contribution in [-0.4, -0.2) is 0 Å². The number of thiophene rings is 2. The molecule has 0 aliphatic rings. The summed E-state index contributed by atoms with van der Waals surface area (Å²) in [5.74, 6) is 0. The lowest BCUT2D eigenvalue weighted by molar-refractivity contribution is 1.87. The van der Waals surface area contributed by atoms with Gasteiger partial charge in [0.05, 0.1) is 0 Å². The van der Waals surface area contributed by atoms with Crippen molar-refractivity contribution >= 4 is 34.3 Å². The van der Waals surface area contributed by atoms with E-state index in [-0.39, 0.29) is 0 Å². The van der Waals surface area contributed by atoms with Crippen LogP contribution in [0.1, 0.15) is 9.75 Å². The molecule has 0 amide bonds. The summed E-state index contributed by atoms with van der Waals surface area (Å²) in [6.07, 6.45) is 4.08. The van der Waals surface area contributed by atoms with E-state index in [4.69, 9.17) is 0 Å². The number of hydrogen-bond donors (Lipinski definition) is 0.